The molecule has 2 atom stereocenters. The predicted octanol–water partition coefficient (Wildman–Crippen LogP) is 1.90. The Morgan fingerprint density at radius 3 is 2.73 bits per heavy atom. The van der Waals surface area contributed by atoms with Crippen LogP contribution in [0, 0.1) is 0 Å². The van der Waals surface area contributed by atoms with Crippen LogP contribution >= 0.6 is 0 Å². The first-order valence-electron chi connectivity index (χ1n) is 6.41. The van der Waals surface area contributed by atoms with Gasteiger partial charge < -0.3 is 25.0 Å². The molecule has 0 amide bonds. The number of aliphatic carboxylic acids is 1. The largest absolute Gasteiger partial charge is 0.573 e. The Balaban J connectivity index is 2.29. The van der Waals surface area contributed by atoms with Gasteiger partial charge in [-0.2, -0.15) is 0 Å². The number of aliphatic hydroxyl groups is 1. The number of carboxylic acids is 1. The van der Waals surface area contributed by atoms with Crippen LogP contribution in [0.1, 0.15) is 18.1 Å². The lowest BCUT2D eigenvalue weighted by Crippen LogP contribution is -2.36. The van der Waals surface area contributed by atoms with E-state index < -0.39 is 30.2 Å². The monoisotopic (exact) mass is 321 g/mol. The first kappa shape index (κ1) is 16.4. The van der Waals surface area contributed by atoms with Gasteiger partial charge in [0.05, 0.1) is 19.3 Å². The summed E-state index contributed by atoms with van der Waals surface area (Å²) in [5.74, 6) is -1.52. The number of fused-ring (bicyclic) bond motifs is 1. The fraction of sp³-hybridized carbons (Fsp3) is 0.462. The lowest BCUT2D eigenvalue weighted by atomic mass is 9.95. The molecule has 0 spiro atoms. The zero-order valence-corrected chi connectivity index (χ0v) is 11.3. The van der Waals surface area contributed by atoms with E-state index in [0.29, 0.717) is 11.3 Å². The van der Waals surface area contributed by atoms with Gasteiger partial charge in [-0.05, 0) is 18.2 Å². The second kappa shape index (κ2) is 6.41. The van der Waals surface area contributed by atoms with Crippen molar-refractivity contribution < 1.29 is 37.7 Å². The highest BCUT2D eigenvalue weighted by molar-refractivity contribution is 5.79. The molecule has 1 aromatic rings. The highest BCUT2D eigenvalue weighted by atomic mass is 19.4. The van der Waals surface area contributed by atoms with Gasteiger partial charge in [0, 0.05) is 17.7 Å². The number of hydrogen-bond acceptors (Lipinski definition) is 5. The lowest BCUT2D eigenvalue weighted by molar-refractivity contribution is -0.274. The number of halogens is 3. The highest BCUT2D eigenvalue weighted by Crippen LogP contribution is 2.38. The third-order valence-electron chi connectivity index (χ3n) is 3.09. The average molecular weight is 321 g/mol. The molecule has 122 valence electrons. The fourth-order valence-electron chi connectivity index (χ4n) is 2.24. The molecule has 0 saturated heterocycles. The molecule has 0 fully saturated rings. The minimum atomic E-state index is -4.82. The summed E-state index contributed by atoms with van der Waals surface area (Å²) in [5, 5.41) is 20.6. The number of alkyl halides is 3. The summed E-state index contributed by atoms with van der Waals surface area (Å²) in [6.07, 6.45) is -5.54. The number of hydrogen-bond donors (Lipinski definition) is 3. The summed E-state index contributed by atoms with van der Waals surface area (Å²) in [6.45, 7) is -0.337. The molecule has 3 N–H and O–H groups in total. The van der Waals surface area contributed by atoms with Crippen LogP contribution in [-0.4, -0.2) is 41.8 Å². The molecular formula is C13H14F3NO5. The van der Waals surface area contributed by atoms with Crippen LogP contribution in [-0.2, 0) is 9.53 Å². The number of aliphatic hydroxyl groups excluding tert-OH is 1. The molecule has 6 nitrogen and oxygen atoms in total. The van der Waals surface area contributed by atoms with Gasteiger partial charge in [-0.25, -0.2) is 4.79 Å². The summed E-state index contributed by atoms with van der Waals surface area (Å²) < 4.78 is 46.0. The molecule has 0 bridgehead atoms. The molecule has 22 heavy (non-hydrogen) atoms. The van der Waals surface area contributed by atoms with Crippen LogP contribution in [0.3, 0.4) is 0 Å². The second-order valence-electron chi connectivity index (χ2n) is 4.65. The smallest absolute Gasteiger partial charge is 0.480 e. The zero-order chi connectivity index (χ0) is 16.3. The molecular weight excluding hydrogens is 307 g/mol. The van der Waals surface area contributed by atoms with E-state index in [1.807, 2.05) is 0 Å². The van der Waals surface area contributed by atoms with E-state index in [4.69, 9.17) is 14.9 Å². The van der Waals surface area contributed by atoms with Gasteiger partial charge in [0.25, 0.3) is 0 Å². The van der Waals surface area contributed by atoms with Crippen molar-refractivity contribution in [3.05, 3.63) is 23.8 Å². The van der Waals surface area contributed by atoms with Crippen molar-refractivity contribution >= 4 is 11.7 Å². The summed E-state index contributed by atoms with van der Waals surface area (Å²) >= 11 is 0. The van der Waals surface area contributed by atoms with Gasteiger partial charge in [0.1, 0.15) is 11.8 Å². The summed E-state index contributed by atoms with van der Waals surface area (Å²) in [6, 6.07) is 2.62. The van der Waals surface area contributed by atoms with E-state index in [-0.39, 0.29) is 19.6 Å². The molecule has 2 rings (SSSR count). The Bertz CT molecular complexity index is 549. The molecule has 0 saturated carbocycles. The van der Waals surface area contributed by atoms with E-state index in [2.05, 4.69) is 10.1 Å². The van der Waals surface area contributed by atoms with Crippen molar-refractivity contribution in [3.8, 4) is 5.75 Å². The van der Waals surface area contributed by atoms with E-state index in [1.54, 1.807) is 0 Å². The third kappa shape index (κ3) is 4.01. The Kier molecular flexibility index (Phi) is 4.77. The number of benzene rings is 1. The Hall–Kier alpha value is -2.00. The SMILES string of the molecule is O=C(O)C1CC(OCCO)c2cc(OC(F)(F)F)ccc2N1. The van der Waals surface area contributed by atoms with Crippen molar-refractivity contribution in [2.24, 2.45) is 0 Å². The predicted molar refractivity (Wildman–Crippen MR) is 68.6 cm³/mol. The summed E-state index contributed by atoms with van der Waals surface area (Å²) in [4.78, 5) is 11.1. The summed E-state index contributed by atoms with van der Waals surface area (Å²) in [5.41, 5.74) is 0.712. The number of carboxylic acid groups (broad SMARTS) is 1. The van der Waals surface area contributed by atoms with Crippen LogP contribution in [0.2, 0.25) is 0 Å². The van der Waals surface area contributed by atoms with Crippen LogP contribution in [0.4, 0.5) is 18.9 Å². The number of nitrogens with one attached hydrogen (secondary N) is 1. The minimum absolute atomic E-state index is 0.0256. The van der Waals surface area contributed by atoms with Crippen molar-refractivity contribution in [1.82, 2.24) is 0 Å². The standard InChI is InChI=1S/C13H14F3NO5/c14-13(15,16)22-7-1-2-9-8(5-7)11(21-4-3-18)6-10(17-9)12(19)20/h1-2,5,10-11,17-18H,3-4,6H2,(H,19,20). The lowest BCUT2D eigenvalue weighted by Gasteiger charge is -2.31. The number of anilines is 1. The van der Waals surface area contributed by atoms with Gasteiger partial charge in [-0.1, -0.05) is 0 Å². The van der Waals surface area contributed by atoms with E-state index >= 15 is 0 Å². The zero-order valence-electron chi connectivity index (χ0n) is 11.3. The van der Waals surface area contributed by atoms with E-state index in [0.717, 1.165) is 12.1 Å². The summed E-state index contributed by atoms with van der Waals surface area (Å²) in [7, 11) is 0. The van der Waals surface area contributed by atoms with E-state index in [1.165, 1.54) is 6.07 Å². The maximum Gasteiger partial charge on any atom is 0.573 e. The Morgan fingerprint density at radius 1 is 1.41 bits per heavy atom. The first-order valence-corrected chi connectivity index (χ1v) is 6.41. The molecule has 1 heterocycles. The average Bonchev–Trinajstić information content (AvgIpc) is 2.42. The van der Waals surface area contributed by atoms with Gasteiger partial charge in [-0.15, -0.1) is 13.2 Å². The molecule has 0 aliphatic carbocycles. The van der Waals surface area contributed by atoms with Crippen LogP contribution < -0.4 is 10.1 Å². The van der Waals surface area contributed by atoms with E-state index in [9.17, 15) is 18.0 Å². The molecule has 1 aromatic carbocycles. The van der Waals surface area contributed by atoms with Gasteiger partial charge in [0.15, 0.2) is 0 Å². The van der Waals surface area contributed by atoms with Crippen LogP contribution in [0.25, 0.3) is 0 Å². The quantitative estimate of drug-likeness (QED) is 0.768. The topological polar surface area (TPSA) is 88.0 Å². The number of rotatable bonds is 5. The molecule has 0 radical (unpaired) electrons. The Morgan fingerprint density at radius 2 is 2.14 bits per heavy atom. The van der Waals surface area contributed by atoms with Gasteiger partial charge in [-0.3, -0.25) is 0 Å². The second-order valence-corrected chi connectivity index (χ2v) is 4.65. The molecule has 1 aliphatic rings. The maximum absolute atomic E-state index is 12.3. The van der Waals surface area contributed by atoms with Crippen LogP contribution in [0.5, 0.6) is 5.75 Å². The highest BCUT2D eigenvalue weighted by Gasteiger charge is 2.34. The minimum Gasteiger partial charge on any atom is -0.480 e. The van der Waals surface area contributed by atoms with Crippen molar-refractivity contribution in [2.75, 3.05) is 18.5 Å². The fourth-order valence-corrected chi connectivity index (χ4v) is 2.24. The normalized spacial score (nSPS) is 20.9. The van der Waals surface area contributed by atoms with Gasteiger partial charge in [0.2, 0.25) is 0 Å². The number of ether oxygens (including phenoxy) is 2. The molecule has 1 aliphatic heterocycles. The first-order chi connectivity index (χ1) is 10.3. The molecule has 2 unspecified atom stereocenters. The maximum atomic E-state index is 12.3. The third-order valence-corrected chi connectivity index (χ3v) is 3.09. The number of carbonyl (C=O) groups is 1. The van der Waals surface area contributed by atoms with Crippen molar-refractivity contribution in [3.63, 3.8) is 0 Å². The Labute approximate surface area is 123 Å². The van der Waals surface area contributed by atoms with Gasteiger partial charge >= 0.3 is 12.3 Å². The van der Waals surface area contributed by atoms with Crippen molar-refractivity contribution in [1.29, 1.82) is 0 Å². The molecule has 9 heteroatoms. The van der Waals surface area contributed by atoms with Crippen LogP contribution in [0.15, 0.2) is 18.2 Å². The van der Waals surface area contributed by atoms with Crippen molar-refractivity contribution in [2.45, 2.75) is 24.9 Å². The molecule has 0 aromatic heterocycles.